The van der Waals surface area contributed by atoms with Crippen LogP contribution in [0.5, 0.6) is 5.75 Å². The van der Waals surface area contributed by atoms with Crippen molar-refractivity contribution in [2.45, 2.75) is 64.5 Å². The monoisotopic (exact) mass is 395 g/mol. The number of hydrogen-bond donors (Lipinski definition) is 1. The molecule has 0 saturated carbocycles. The number of hydrogen-bond acceptors (Lipinski definition) is 4. The maximum absolute atomic E-state index is 11.3. The molecule has 0 aliphatic heterocycles. The van der Waals surface area contributed by atoms with Gasteiger partial charge >= 0.3 is 5.97 Å². The molecule has 0 radical (unpaired) electrons. The number of unbranched alkanes of at least 4 members (excludes halogenated alkanes) is 2. The maximum atomic E-state index is 11.3. The van der Waals surface area contributed by atoms with Gasteiger partial charge in [0.1, 0.15) is 5.75 Å². The molecular weight excluding hydrogens is 362 g/mol. The lowest BCUT2D eigenvalue weighted by molar-refractivity contribution is -0.143. The zero-order valence-corrected chi connectivity index (χ0v) is 17.5. The quantitative estimate of drug-likeness (QED) is 0.437. The van der Waals surface area contributed by atoms with E-state index in [2.05, 4.69) is 53.8 Å². The van der Waals surface area contributed by atoms with E-state index < -0.39 is 0 Å². The Kier molecular flexibility index (Phi) is 8.57. The van der Waals surface area contributed by atoms with Crippen LogP contribution in [0.3, 0.4) is 0 Å². The van der Waals surface area contributed by atoms with Gasteiger partial charge in [0, 0.05) is 19.0 Å². The Morgan fingerprint density at radius 3 is 2.76 bits per heavy atom. The molecule has 0 saturated heterocycles. The average Bonchev–Trinajstić information content (AvgIpc) is 2.75. The highest BCUT2D eigenvalue weighted by atomic mass is 16.5. The number of fused-ring (bicyclic) bond motifs is 1. The van der Waals surface area contributed by atoms with Crippen molar-refractivity contribution in [3.8, 4) is 5.75 Å². The number of carbonyl (C=O) groups excluding carboxylic acids is 1. The van der Waals surface area contributed by atoms with Crippen LogP contribution in [0.25, 0.3) is 0 Å². The molecule has 3 rings (SSSR count). The molecule has 0 fully saturated rings. The standard InChI is InChI=1S/C25H33NO3/c1-2-28-25(27)11-7-4-8-16-29-24-15-13-21-12-14-23(17-22(21)18-24)26-19-20-9-5-3-6-10-20/h3,5-6,9-10,13,15,18,23,26H,2,4,7-8,11-12,14,16-17,19H2,1H3. The van der Waals surface area contributed by atoms with Crippen molar-refractivity contribution >= 4 is 5.97 Å². The van der Waals surface area contributed by atoms with Crippen molar-refractivity contribution in [3.63, 3.8) is 0 Å². The van der Waals surface area contributed by atoms with Gasteiger partial charge in [-0.25, -0.2) is 0 Å². The lowest BCUT2D eigenvalue weighted by Crippen LogP contribution is -2.34. The number of esters is 1. The molecule has 2 aromatic rings. The summed E-state index contributed by atoms with van der Waals surface area (Å²) < 4.78 is 10.9. The SMILES string of the molecule is CCOC(=O)CCCCCOc1ccc2c(c1)CC(NCc1ccccc1)CC2. The van der Waals surface area contributed by atoms with E-state index in [4.69, 9.17) is 9.47 Å². The molecule has 4 heteroatoms. The number of aryl methyl sites for hydroxylation is 1. The van der Waals surface area contributed by atoms with Crippen LogP contribution in [0.1, 0.15) is 55.7 Å². The number of benzene rings is 2. The normalized spacial score (nSPS) is 15.6. The van der Waals surface area contributed by atoms with Crippen LogP contribution in [0, 0.1) is 0 Å². The van der Waals surface area contributed by atoms with Crippen molar-refractivity contribution in [2.24, 2.45) is 0 Å². The van der Waals surface area contributed by atoms with Crippen LogP contribution in [-0.2, 0) is 28.9 Å². The van der Waals surface area contributed by atoms with Crippen LogP contribution in [0.15, 0.2) is 48.5 Å². The molecular formula is C25H33NO3. The van der Waals surface area contributed by atoms with Crippen molar-refractivity contribution in [2.75, 3.05) is 13.2 Å². The van der Waals surface area contributed by atoms with Gasteiger partial charge in [-0.15, -0.1) is 0 Å². The predicted octanol–water partition coefficient (Wildman–Crippen LogP) is 4.84. The molecule has 1 aliphatic rings. The minimum absolute atomic E-state index is 0.0986. The van der Waals surface area contributed by atoms with E-state index in [9.17, 15) is 4.79 Å². The van der Waals surface area contributed by atoms with Gasteiger partial charge in [0.05, 0.1) is 13.2 Å². The third-order valence-corrected chi connectivity index (χ3v) is 5.44. The second-order valence-electron chi connectivity index (χ2n) is 7.70. The van der Waals surface area contributed by atoms with E-state index >= 15 is 0 Å². The summed E-state index contributed by atoms with van der Waals surface area (Å²) in [5.41, 5.74) is 4.18. The van der Waals surface area contributed by atoms with E-state index in [1.807, 2.05) is 6.92 Å². The van der Waals surface area contributed by atoms with Crippen LogP contribution < -0.4 is 10.1 Å². The predicted molar refractivity (Wildman–Crippen MR) is 116 cm³/mol. The van der Waals surface area contributed by atoms with Crippen molar-refractivity contribution in [1.82, 2.24) is 5.32 Å². The van der Waals surface area contributed by atoms with Crippen LogP contribution in [0.4, 0.5) is 0 Å². The summed E-state index contributed by atoms with van der Waals surface area (Å²) in [5.74, 6) is 0.858. The molecule has 156 valence electrons. The van der Waals surface area contributed by atoms with Crippen molar-refractivity contribution in [1.29, 1.82) is 0 Å². The topological polar surface area (TPSA) is 47.6 Å². The van der Waals surface area contributed by atoms with Crippen LogP contribution in [0.2, 0.25) is 0 Å². The summed E-state index contributed by atoms with van der Waals surface area (Å²) in [6.07, 6.45) is 6.66. The van der Waals surface area contributed by atoms with E-state index in [0.717, 1.165) is 44.4 Å². The molecule has 0 amide bonds. The molecule has 1 N–H and O–H groups in total. The first kappa shape index (κ1) is 21.4. The first-order valence-electron chi connectivity index (χ1n) is 10.9. The fraction of sp³-hybridized carbons (Fsp3) is 0.480. The van der Waals surface area contributed by atoms with Crippen LogP contribution >= 0.6 is 0 Å². The van der Waals surface area contributed by atoms with Gasteiger partial charge in [0.25, 0.3) is 0 Å². The molecule has 4 nitrogen and oxygen atoms in total. The van der Waals surface area contributed by atoms with Gasteiger partial charge in [0.2, 0.25) is 0 Å². The highest BCUT2D eigenvalue weighted by molar-refractivity contribution is 5.69. The summed E-state index contributed by atoms with van der Waals surface area (Å²) in [5, 5.41) is 3.70. The molecule has 2 aromatic carbocycles. The number of rotatable bonds is 11. The van der Waals surface area contributed by atoms with Crippen LogP contribution in [-0.4, -0.2) is 25.2 Å². The van der Waals surface area contributed by atoms with E-state index in [1.54, 1.807) is 0 Å². The smallest absolute Gasteiger partial charge is 0.305 e. The lowest BCUT2D eigenvalue weighted by Gasteiger charge is -2.26. The Morgan fingerprint density at radius 2 is 1.93 bits per heavy atom. The fourth-order valence-electron chi connectivity index (χ4n) is 3.83. The van der Waals surface area contributed by atoms with Gasteiger partial charge in [0.15, 0.2) is 0 Å². The minimum atomic E-state index is -0.0986. The summed E-state index contributed by atoms with van der Waals surface area (Å²) >= 11 is 0. The lowest BCUT2D eigenvalue weighted by atomic mass is 9.88. The average molecular weight is 396 g/mol. The minimum Gasteiger partial charge on any atom is -0.494 e. The molecule has 1 aliphatic carbocycles. The molecule has 0 heterocycles. The molecule has 29 heavy (non-hydrogen) atoms. The third-order valence-electron chi connectivity index (χ3n) is 5.44. The summed E-state index contributed by atoms with van der Waals surface area (Å²) in [6.45, 7) is 3.91. The Balaban J connectivity index is 1.39. The zero-order chi connectivity index (χ0) is 20.3. The van der Waals surface area contributed by atoms with Gasteiger partial charge < -0.3 is 14.8 Å². The Morgan fingerprint density at radius 1 is 1.07 bits per heavy atom. The van der Waals surface area contributed by atoms with E-state index in [-0.39, 0.29) is 5.97 Å². The highest BCUT2D eigenvalue weighted by Crippen LogP contribution is 2.26. The molecule has 0 spiro atoms. The van der Waals surface area contributed by atoms with E-state index in [1.165, 1.54) is 23.1 Å². The first-order chi connectivity index (χ1) is 14.2. The zero-order valence-electron chi connectivity index (χ0n) is 17.5. The second kappa shape index (κ2) is 11.6. The fourth-order valence-corrected chi connectivity index (χ4v) is 3.83. The summed E-state index contributed by atoms with van der Waals surface area (Å²) in [6, 6.07) is 17.6. The second-order valence-corrected chi connectivity index (χ2v) is 7.70. The summed E-state index contributed by atoms with van der Waals surface area (Å²) in [4.78, 5) is 11.3. The molecule has 1 unspecified atom stereocenters. The largest absolute Gasteiger partial charge is 0.494 e. The Labute approximate surface area is 174 Å². The number of carbonyl (C=O) groups is 1. The van der Waals surface area contributed by atoms with Crippen molar-refractivity contribution < 1.29 is 14.3 Å². The molecule has 1 atom stereocenters. The Hall–Kier alpha value is -2.33. The van der Waals surface area contributed by atoms with Gasteiger partial charge in [-0.2, -0.15) is 0 Å². The van der Waals surface area contributed by atoms with Gasteiger partial charge in [-0.05, 0) is 74.3 Å². The number of ether oxygens (including phenoxy) is 2. The third kappa shape index (κ3) is 7.21. The van der Waals surface area contributed by atoms with Gasteiger partial charge in [-0.1, -0.05) is 36.4 Å². The molecule has 0 aromatic heterocycles. The first-order valence-corrected chi connectivity index (χ1v) is 10.9. The molecule has 0 bridgehead atoms. The maximum Gasteiger partial charge on any atom is 0.305 e. The van der Waals surface area contributed by atoms with E-state index in [0.29, 0.717) is 25.7 Å². The number of nitrogens with one attached hydrogen (secondary N) is 1. The van der Waals surface area contributed by atoms with Gasteiger partial charge in [-0.3, -0.25) is 4.79 Å². The summed E-state index contributed by atoms with van der Waals surface area (Å²) in [7, 11) is 0. The van der Waals surface area contributed by atoms with Crippen molar-refractivity contribution in [3.05, 3.63) is 65.2 Å². The Bertz CT molecular complexity index is 760. The highest BCUT2D eigenvalue weighted by Gasteiger charge is 2.18.